The van der Waals surface area contributed by atoms with Gasteiger partial charge in [-0.05, 0) is 19.3 Å². The molecule has 0 fully saturated rings. The molecular formula is C13H23ClN4. The summed E-state index contributed by atoms with van der Waals surface area (Å²) in [4.78, 5) is 8.43. The fraction of sp³-hybridized carbons (Fsp3) is 0.692. The van der Waals surface area contributed by atoms with E-state index in [9.17, 15) is 0 Å². The van der Waals surface area contributed by atoms with Gasteiger partial charge in [-0.25, -0.2) is 4.98 Å². The lowest BCUT2D eigenvalue weighted by molar-refractivity contribution is 0.544. The summed E-state index contributed by atoms with van der Waals surface area (Å²) in [7, 11) is 0. The molecule has 2 N–H and O–H groups in total. The van der Waals surface area contributed by atoms with Crippen LogP contribution in [0.1, 0.15) is 40.0 Å². The molecule has 5 heteroatoms. The number of nitrogens with one attached hydrogen (secondary N) is 2. The highest BCUT2D eigenvalue weighted by Gasteiger charge is 2.04. The van der Waals surface area contributed by atoms with Crippen molar-refractivity contribution in [1.82, 2.24) is 9.97 Å². The summed E-state index contributed by atoms with van der Waals surface area (Å²) >= 11 is 6.04. The van der Waals surface area contributed by atoms with Crippen molar-refractivity contribution in [3.8, 4) is 0 Å². The fourth-order valence-electron chi connectivity index (χ4n) is 1.62. The molecule has 0 aliphatic heterocycles. The summed E-state index contributed by atoms with van der Waals surface area (Å²) in [5, 5.41) is 6.90. The van der Waals surface area contributed by atoms with Crippen LogP contribution in [0.25, 0.3) is 0 Å². The molecule has 102 valence electrons. The van der Waals surface area contributed by atoms with E-state index in [1.54, 1.807) is 6.20 Å². The molecular weight excluding hydrogens is 248 g/mol. The predicted molar refractivity (Wildman–Crippen MR) is 78.4 cm³/mol. The van der Waals surface area contributed by atoms with E-state index in [0.29, 0.717) is 16.8 Å². The Morgan fingerprint density at radius 1 is 1.28 bits per heavy atom. The Bertz CT molecular complexity index is 355. The van der Waals surface area contributed by atoms with E-state index in [1.165, 1.54) is 12.8 Å². The third kappa shape index (κ3) is 5.54. The van der Waals surface area contributed by atoms with Crippen LogP contribution in [-0.4, -0.2) is 23.1 Å². The molecule has 0 bridgehead atoms. The minimum absolute atomic E-state index is 0.570. The molecule has 1 aromatic heterocycles. The second-order valence-corrected chi connectivity index (χ2v) is 5.14. The SMILES string of the molecule is CCNc1ncc(Cl)c(NCCCCC(C)C)n1. The highest BCUT2D eigenvalue weighted by atomic mass is 35.5. The minimum Gasteiger partial charge on any atom is -0.369 e. The standard InChI is InChI=1S/C13H23ClN4/c1-4-15-13-17-9-11(14)12(18-13)16-8-6-5-7-10(2)3/h9-10H,4-8H2,1-3H3,(H2,15,16,17,18). The second-order valence-electron chi connectivity index (χ2n) is 4.74. The van der Waals surface area contributed by atoms with Gasteiger partial charge in [0.15, 0.2) is 0 Å². The molecule has 0 atom stereocenters. The smallest absolute Gasteiger partial charge is 0.224 e. The molecule has 0 radical (unpaired) electrons. The quantitative estimate of drug-likeness (QED) is 0.706. The van der Waals surface area contributed by atoms with Gasteiger partial charge in [0.25, 0.3) is 0 Å². The molecule has 1 heterocycles. The topological polar surface area (TPSA) is 49.8 Å². The molecule has 0 saturated heterocycles. The van der Waals surface area contributed by atoms with E-state index < -0.39 is 0 Å². The molecule has 4 nitrogen and oxygen atoms in total. The normalized spacial score (nSPS) is 10.7. The van der Waals surface area contributed by atoms with Crippen LogP contribution in [0.15, 0.2) is 6.20 Å². The molecule has 1 rings (SSSR count). The van der Waals surface area contributed by atoms with Crippen LogP contribution >= 0.6 is 11.6 Å². The Balaban J connectivity index is 2.38. The zero-order chi connectivity index (χ0) is 13.4. The second kappa shape index (κ2) is 8.14. The number of hydrogen-bond donors (Lipinski definition) is 2. The summed E-state index contributed by atoms with van der Waals surface area (Å²) in [6.45, 7) is 8.20. The third-order valence-corrected chi connectivity index (χ3v) is 2.86. The molecule has 0 aliphatic rings. The zero-order valence-corrected chi connectivity index (χ0v) is 12.2. The number of hydrogen-bond acceptors (Lipinski definition) is 4. The van der Waals surface area contributed by atoms with Gasteiger partial charge in [0, 0.05) is 13.1 Å². The van der Waals surface area contributed by atoms with Crippen molar-refractivity contribution in [3.05, 3.63) is 11.2 Å². The van der Waals surface area contributed by atoms with Crippen molar-refractivity contribution in [2.75, 3.05) is 23.7 Å². The van der Waals surface area contributed by atoms with E-state index in [0.717, 1.165) is 25.4 Å². The van der Waals surface area contributed by atoms with Crippen molar-refractivity contribution in [2.24, 2.45) is 5.92 Å². The lowest BCUT2D eigenvalue weighted by Crippen LogP contribution is -2.08. The van der Waals surface area contributed by atoms with Gasteiger partial charge in [-0.3, -0.25) is 0 Å². The van der Waals surface area contributed by atoms with Crippen molar-refractivity contribution in [3.63, 3.8) is 0 Å². The lowest BCUT2D eigenvalue weighted by atomic mass is 10.1. The van der Waals surface area contributed by atoms with Crippen LogP contribution in [-0.2, 0) is 0 Å². The van der Waals surface area contributed by atoms with Crippen LogP contribution in [0.2, 0.25) is 5.02 Å². The number of unbranched alkanes of at least 4 members (excludes halogenated alkanes) is 1. The van der Waals surface area contributed by atoms with Gasteiger partial charge >= 0.3 is 0 Å². The van der Waals surface area contributed by atoms with Crippen LogP contribution in [0, 0.1) is 5.92 Å². The Morgan fingerprint density at radius 3 is 2.72 bits per heavy atom. The van der Waals surface area contributed by atoms with Gasteiger partial charge in [-0.2, -0.15) is 4.98 Å². The van der Waals surface area contributed by atoms with Crippen molar-refractivity contribution >= 4 is 23.4 Å². The molecule has 18 heavy (non-hydrogen) atoms. The summed E-state index contributed by atoms with van der Waals surface area (Å²) in [6.07, 6.45) is 5.26. The summed E-state index contributed by atoms with van der Waals surface area (Å²) in [5.74, 6) is 2.10. The number of halogens is 1. The minimum atomic E-state index is 0.570. The Morgan fingerprint density at radius 2 is 2.06 bits per heavy atom. The third-order valence-electron chi connectivity index (χ3n) is 2.58. The average Bonchev–Trinajstić information content (AvgIpc) is 2.32. The van der Waals surface area contributed by atoms with Gasteiger partial charge in [-0.15, -0.1) is 0 Å². The van der Waals surface area contributed by atoms with E-state index in [4.69, 9.17) is 11.6 Å². The summed E-state index contributed by atoms with van der Waals surface area (Å²) < 4.78 is 0. The maximum atomic E-state index is 6.04. The predicted octanol–water partition coefficient (Wildman–Crippen LogP) is 3.80. The molecule has 0 aliphatic carbocycles. The molecule has 0 unspecified atom stereocenters. The van der Waals surface area contributed by atoms with Crippen LogP contribution in [0.4, 0.5) is 11.8 Å². The highest BCUT2D eigenvalue weighted by Crippen LogP contribution is 2.19. The van der Waals surface area contributed by atoms with Crippen LogP contribution in [0.3, 0.4) is 0 Å². The van der Waals surface area contributed by atoms with Gasteiger partial charge in [0.05, 0.1) is 6.20 Å². The van der Waals surface area contributed by atoms with Gasteiger partial charge < -0.3 is 10.6 Å². The molecule has 0 spiro atoms. The average molecular weight is 271 g/mol. The Kier molecular flexibility index (Phi) is 6.80. The Labute approximate surface area is 115 Å². The van der Waals surface area contributed by atoms with E-state index in [-0.39, 0.29) is 0 Å². The Hall–Kier alpha value is -1.03. The largest absolute Gasteiger partial charge is 0.369 e. The first-order chi connectivity index (χ1) is 8.63. The fourth-order valence-corrected chi connectivity index (χ4v) is 1.78. The lowest BCUT2D eigenvalue weighted by Gasteiger charge is -2.09. The number of rotatable bonds is 8. The molecule has 1 aromatic rings. The van der Waals surface area contributed by atoms with E-state index in [2.05, 4.69) is 34.4 Å². The molecule has 0 aromatic carbocycles. The van der Waals surface area contributed by atoms with Crippen LogP contribution < -0.4 is 10.6 Å². The number of anilines is 2. The van der Waals surface area contributed by atoms with Gasteiger partial charge in [-0.1, -0.05) is 38.3 Å². The summed E-state index contributed by atoms with van der Waals surface area (Å²) in [6, 6.07) is 0. The maximum absolute atomic E-state index is 6.04. The first-order valence-corrected chi connectivity index (χ1v) is 7.01. The number of aromatic nitrogens is 2. The van der Waals surface area contributed by atoms with Crippen molar-refractivity contribution in [2.45, 2.75) is 40.0 Å². The van der Waals surface area contributed by atoms with Crippen LogP contribution in [0.5, 0.6) is 0 Å². The highest BCUT2D eigenvalue weighted by molar-refractivity contribution is 6.32. The zero-order valence-electron chi connectivity index (χ0n) is 11.5. The summed E-state index contributed by atoms with van der Waals surface area (Å²) in [5.41, 5.74) is 0. The molecule has 0 amide bonds. The van der Waals surface area contributed by atoms with Gasteiger partial charge in [0.1, 0.15) is 10.8 Å². The van der Waals surface area contributed by atoms with E-state index >= 15 is 0 Å². The van der Waals surface area contributed by atoms with Crippen molar-refractivity contribution < 1.29 is 0 Å². The first-order valence-electron chi connectivity index (χ1n) is 6.63. The van der Waals surface area contributed by atoms with Crippen molar-refractivity contribution in [1.29, 1.82) is 0 Å². The monoisotopic (exact) mass is 270 g/mol. The number of nitrogens with zero attached hydrogens (tertiary/aromatic N) is 2. The molecule has 0 saturated carbocycles. The van der Waals surface area contributed by atoms with E-state index in [1.807, 2.05) is 6.92 Å². The maximum Gasteiger partial charge on any atom is 0.224 e. The van der Waals surface area contributed by atoms with Gasteiger partial charge in [0.2, 0.25) is 5.95 Å². The first kappa shape index (κ1) is 15.0.